The Hall–Kier alpha value is -0.370. The number of Topliss-reactive ketones (excluding diaryl/α,β-unsaturated/α-hetero) is 1. The Bertz CT molecular complexity index is 121. The molecule has 0 aromatic heterocycles. The molecule has 0 heterocycles. The SMILES string of the molecule is CN[C@H](CC(C)=O)CC(C)C. The minimum absolute atomic E-state index is 0.269. The molecule has 2 nitrogen and oxygen atoms in total. The molecule has 0 aliphatic rings. The molecule has 66 valence electrons. The van der Waals surface area contributed by atoms with Crippen molar-refractivity contribution in [1.82, 2.24) is 5.32 Å². The van der Waals surface area contributed by atoms with Crippen molar-refractivity contribution in [2.75, 3.05) is 7.05 Å². The minimum atomic E-state index is 0.269. The highest BCUT2D eigenvalue weighted by molar-refractivity contribution is 5.76. The van der Waals surface area contributed by atoms with Crippen molar-refractivity contribution < 1.29 is 4.79 Å². The summed E-state index contributed by atoms with van der Waals surface area (Å²) in [5, 5.41) is 3.14. The number of carbonyl (C=O) groups excluding carboxylic acids is 1. The predicted molar refractivity (Wildman–Crippen MR) is 47.6 cm³/mol. The second-order valence-corrected chi connectivity index (χ2v) is 3.52. The maximum Gasteiger partial charge on any atom is 0.131 e. The fraction of sp³-hybridized carbons (Fsp3) is 0.889. The predicted octanol–water partition coefficient (Wildman–Crippen LogP) is 1.60. The normalized spacial score (nSPS) is 13.5. The zero-order chi connectivity index (χ0) is 8.85. The van der Waals surface area contributed by atoms with Crippen molar-refractivity contribution in [3.8, 4) is 0 Å². The van der Waals surface area contributed by atoms with E-state index in [9.17, 15) is 4.79 Å². The molecule has 2 heteroatoms. The summed E-state index contributed by atoms with van der Waals surface area (Å²) in [4.78, 5) is 10.8. The van der Waals surface area contributed by atoms with Crippen molar-refractivity contribution in [1.29, 1.82) is 0 Å². The van der Waals surface area contributed by atoms with E-state index in [1.807, 2.05) is 7.05 Å². The maximum absolute atomic E-state index is 10.8. The molecule has 11 heavy (non-hydrogen) atoms. The van der Waals surface area contributed by atoms with Crippen LogP contribution in [0.1, 0.15) is 33.6 Å². The molecule has 0 spiro atoms. The van der Waals surface area contributed by atoms with E-state index in [0.29, 0.717) is 18.4 Å². The lowest BCUT2D eigenvalue weighted by Crippen LogP contribution is -2.28. The van der Waals surface area contributed by atoms with Gasteiger partial charge in [-0.1, -0.05) is 13.8 Å². The van der Waals surface area contributed by atoms with Gasteiger partial charge in [0.2, 0.25) is 0 Å². The first kappa shape index (κ1) is 10.6. The van der Waals surface area contributed by atoms with Gasteiger partial charge in [-0.2, -0.15) is 0 Å². The van der Waals surface area contributed by atoms with Gasteiger partial charge >= 0.3 is 0 Å². The Kier molecular flexibility index (Phi) is 5.12. The second kappa shape index (κ2) is 5.30. The van der Waals surface area contributed by atoms with Gasteiger partial charge in [0.15, 0.2) is 0 Å². The van der Waals surface area contributed by atoms with Crippen molar-refractivity contribution in [2.45, 2.75) is 39.7 Å². The summed E-state index contributed by atoms with van der Waals surface area (Å²) in [6.07, 6.45) is 1.74. The summed E-state index contributed by atoms with van der Waals surface area (Å²) in [6.45, 7) is 5.99. The molecule has 0 amide bonds. The quantitative estimate of drug-likeness (QED) is 0.656. The Morgan fingerprint density at radius 1 is 1.45 bits per heavy atom. The first-order valence-corrected chi connectivity index (χ1v) is 4.23. The van der Waals surface area contributed by atoms with Crippen LogP contribution in [0.15, 0.2) is 0 Å². The summed E-state index contributed by atoms with van der Waals surface area (Å²) < 4.78 is 0. The first-order chi connectivity index (χ1) is 5.06. The average molecular weight is 157 g/mol. The third-order valence-electron chi connectivity index (χ3n) is 1.70. The van der Waals surface area contributed by atoms with E-state index in [1.54, 1.807) is 6.92 Å². The fourth-order valence-corrected chi connectivity index (χ4v) is 1.22. The van der Waals surface area contributed by atoms with Gasteiger partial charge < -0.3 is 5.32 Å². The van der Waals surface area contributed by atoms with Gasteiger partial charge in [0, 0.05) is 12.5 Å². The number of carbonyl (C=O) groups is 1. The van der Waals surface area contributed by atoms with Crippen LogP contribution in [0, 0.1) is 5.92 Å². The third kappa shape index (κ3) is 6.05. The lowest BCUT2D eigenvalue weighted by atomic mass is 10.00. The summed E-state index contributed by atoms with van der Waals surface area (Å²) in [5.41, 5.74) is 0. The molecule has 0 aromatic carbocycles. The van der Waals surface area contributed by atoms with Crippen LogP contribution in [0.4, 0.5) is 0 Å². The Labute approximate surface area is 69.4 Å². The molecule has 0 saturated heterocycles. The highest BCUT2D eigenvalue weighted by Gasteiger charge is 2.09. The standard InChI is InChI=1S/C9H19NO/c1-7(2)5-9(10-4)6-8(3)11/h7,9-10H,5-6H2,1-4H3/t9-/m0/s1. The van der Waals surface area contributed by atoms with Crippen LogP contribution in [0.25, 0.3) is 0 Å². The van der Waals surface area contributed by atoms with Gasteiger partial charge in [0.25, 0.3) is 0 Å². The maximum atomic E-state index is 10.8. The number of hydrogen-bond donors (Lipinski definition) is 1. The molecule has 1 atom stereocenters. The highest BCUT2D eigenvalue weighted by Crippen LogP contribution is 2.07. The van der Waals surface area contributed by atoms with Gasteiger partial charge in [0.1, 0.15) is 5.78 Å². The molecule has 0 radical (unpaired) electrons. The van der Waals surface area contributed by atoms with Crippen LogP contribution >= 0.6 is 0 Å². The zero-order valence-electron chi connectivity index (χ0n) is 7.98. The molecule has 0 rings (SSSR count). The van der Waals surface area contributed by atoms with Crippen LogP contribution < -0.4 is 5.32 Å². The molecular weight excluding hydrogens is 138 g/mol. The molecule has 0 saturated carbocycles. The van der Waals surface area contributed by atoms with Crippen molar-refractivity contribution >= 4 is 5.78 Å². The van der Waals surface area contributed by atoms with Crippen LogP contribution in [0.2, 0.25) is 0 Å². The van der Waals surface area contributed by atoms with Crippen LogP contribution in [0.5, 0.6) is 0 Å². The molecule has 0 unspecified atom stereocenters. The summed E-state index contributed by atoms with van der Waals surface area (Å²) in [6, 6.07) is 0.368. The minimum Gasteiger partial charge on any atom is -0.317 e. The fourth-order valence-electron chi connectivity index (χ4n) is 1.22. The zero-order valence-corrected chi connectivity index (χ0v) is 7.98. The van der Waals surface area contributed by atoms with Crippen LogP contribution in [-0.4, -0.2) is 18.9 Å². The Morgan fingerprint density at radius 3 is 2.27 bits per heavy atom. The average Bonchev–Trinajstić information content (AvgIpc) is 1.84. The summed E-state index contributed by atoms with van der Waals surface area (Å²) in [5.74, 6) is 0.928. The van der Waals surface area contributed by atoms with E-state index >= 15 is 0 Å². The van der Waals surface area contributed by atoms with Gasteiger partial charge in [-0.05, 0) is 26.3 Å². The number of hydrogen-bond acceptors (Lipinski definition) is 2. The number of rotatable bonds is 5. The first-order valence-electron chi connectivity index (χ1n) is 4.23. The monoisotopic (exact) mass is 157 g/mol. The van der Waals surface area contributed by atoms with Crippen molar-refractivity contribution in [2.24, 2.45) is 5.92 Å². The van der Waals surface area contributed by atoms with Gasteiger partial charge in [-0.15, -0.1) is 0 Å². The van der Waals surface area contributed by atoms with Crippen LogP contribution in [-0.2, 0) is 4.79 Å². The van der Waals surface area contributed by atoms with E-state index in [1.165, 1.54) is 0 Å². The topological polar surface area (TPSA) is 29.1 Å². The lowest BCUT2D eigenvalue weighted by molar-refractivity contribution is -0.117. The Balaban J connectivity index is 3.66. The largest absolute Gasteiger partial charge is 0.317 e. The van der Waals surface area contributed by atoms with E-state index in [4.69, 9.17) is 0 Å². The molecule has 0 aliphatic heterocycles. The molecule has 0 fully saturated rings. The van der Waals surface area contributed by atoms with E-state index < -0.39 is 0 Å². The molecular formula is C9H19NO. The number of nitrogens with one attached hydrogen (secondary N) is 1. The molecule has 0 bridgehead atoms. The highest BCUT2D eigenvalue weighted by atomic mass is 16.1. The van der Waals surface area contributed by atoms with Crippen molar-refractivity contribution in [3.63, 3.8) is 0 Å². The van der Waals surface area contributed by atoms with Crippen LogP contribution in [0.3, 0.4) is 0 Å². The number of ketones is 1. The third-order valence-corrected chi connectivity index (χ3v) is 1.70. The molecule has 1 N–H and O–H groups in total. The van der Waals surface area contributed by atoms with E-state index in [0.717, 1.165) is 6.42 Å². The molecule has 0 aliphatic carbocycles. The summed E-state index contributed by atoms with van der Waals surface area (Å²) >= 11 is 0. The van der Waals surface area contributed by atoms with Gasteiger partial charge in [-0.3, -0.25) is 4.79 Å². The van der Waals surface area contributed by atoms with Gasteiger partial charge in [0.05, 0.1) is 0 Å². The second-order valence-electron chi connectivity index (χ2n) is 3.52. The van der Waals surface area contributed by atoms with Gasteiger partial charge in [-0.25, -0.2) is 0 Å². The van der Waals surface area contributed by atoms with E-state index in [-0.39, 0.29) is 5.78 Å². The van der Waals surface area contributed by atoms with E-state index in [2.05, 4.69) is 19.2 Å². The Morgan fingerprint density at radius 2 is 2.00 bits per heavy atom. The lowest BCUT2D eigenvalue weighted by Gasteiger charge is -2.16. The van der Waals surface area contributed by atoms with Crippen molar-refractivity contribution in [3.05, 3.63) is 0 Å². The summed E-state index contributed by atoms with van der Waals surface area (Å²) in [7, 11) is 1.91. The molecule has 0 aromatic rings. The smallest absolute Gasteiger partial charge is 0.131 e.